The van der Waals surface area contributed by atoms with E-state index >= 15 is 0 Å². The number of nitrogens with one attached hydrogen (secondary N) is 1. The Hall–Kier alpha value is -1.55. The van der Waals surface area contributed by atoms with Crippen molar-refractivity contribution in [2.45, 2.75) is 13.0 Å². The van der Waals surface area contributed by atoms with E-state index in [0.717, 1.165) is 10.2 Å². The summed E-state index contributed by atoms with van der Waals surface area (Å²) in [7, 11) is 0. The maximum atomic E-state index is 12.0. The van der Waals surface area contributed by atoms with Gasteiger partial charge in [0, 0.05) is 4.47 Å². The third-order valence-electron chi connectivity index (χ3n) is 2.44. The molecule has 88 valence electrons. The quantitative estimate of drug-likeness (QED) is 0.941. The van der Waals surface area contributed by atoms with Gasteiger partial charge in [-0.15, -0.1) is 0 Å². The first kappa shape index (κ1) is 11.9. The monoisotopic (exact) mass is 293 g/mol. The van der Waals surface area contributed by atoms with Crippen LogP contribution in [0, 0.1) is 0 Å². The van der Waals surface area contributed by atoms with Crippen molar-refractivity contribution in [2.75, 3.05) is 0 Å². The molecule has 1 N–H and O–H groups in total. The van der Waals surface area contributed by atoms with E-state index < -0.39 is 0 Å². The Labute approximate surface area is 108 Å². The fourth-order valence-corrected chi connectivity index (χ4v) is 1.99. The smallest absolute Gasteiger partial charge is 0.253 e. The van der Waals surface area contributed by atoms with Gasteiger partial charge in [-0.05, 0) is 47.1 Å². The van der Waals surface area contributed by atoms with Crippen molar-refractivity contribution in [3.05, 3.63) is 58.5 Å². The highest BCUT2D eigenvalue weighted by Gasteiger charge is 2.14. The summed E-state index contributed by atoms with van der Waals surface area (Å²) in [5.41, 5.74) is 0.617. The fourth-order valence-electron chi connectivity index (χ4n) is 1.53. The first-order valence-corrected chi connectivity index (χ1v) is 6.06. The highest BCUT2D eigenvalue weighted by molar-refractivity contribution is 9.10. The molecule has 0 aliphatic carbocycles. The number of carbonyl (C=O) groups is 1. The second kappa shape index (κ2) is 5.19. The molecule has 2 aromatic rings. The molecule has 1 atom stereocenters. The van der Waals surface area contributed by atoms with Crippen LogP contribution in [0.25, 0.3) is 0 Å². The number of amides is 1. The van der Waals surface area contributed by atoms with Gasteiger partial charge >= 0.3 is 0 Å². The van der Waals surface area contributed by atoms with Crippen LogP contribution in [-0.4, -0.2) is 5.91 Å². The van der Waals surface area contributed by atoms with Crippen LogP contribution in [-0.2, 0) is 0 Å². The second-order valence-electron chi connectivity index (χ2n) is 3.69. The number of halogens is 1. The molecule has 0 aliphatic heterocycles. The zero-order valence-electron chi connectivity index (χ0n) is 9.31. The van der Waals surface area contributed by atoms with Crippen LogP contribution in [0.4, 0.5) is 0 Å². The van der Waals surface area contributed by atoms with Crippen molar-refractivity contribution in [3.8, 4) is 0 Å². The van der Waals surface area contributed by atoms with Crippen LogP contribution in [0.5, 0.6) is 0 Å². The van der Waals surface area contributed by atoms with Crippen molar-refractivity contribution < 1.29 is 9.21 Å². The molecule has 3 nitrogen and oxygen atoms in total. The third kappa shape index (κ3) is 2.77. The molecule has 1 aromatic heterocycles. The molecular weight excluding hydrogens is 282 g/mol. The van der Waals surface area contributed by atoms with Crippen molar-refractivity contribution in [1.29, 1.82) is 0 Å². The van der Waals surface area contributed by atoms with Gasteiger partial charge in [-0.25, -0.2) is 0 Å². The Morgan fingerprint density at radius 1 is 1.29 bits per heavy atom. The normalized spacial score (nSPS) is 12.1. The largest absolute Gasteiger partial charge is 0.467 e. The van der Waals surface area contributed by atoms with Gasteiger partial charge in [0.2, 0.25) is 0 Å². The summed E-state index contributed by atoms with van der Waals surface area (Å²) < 4.78 is 6.02. The minimum absolute atomic E-state index is 0.124. The van der Waals surface area contributed by atoms with Crippen LogP contribution >= 0.6 is 15.9 Å². The number of hydrogen-bond donors (Lipinski definition) is 1. The molecule has 0 fully saturated rings. The molecule has 0 bridgehead atoms. The summed E-state index contributed by atoms with van der Waals surface area (Å²) in [6, 6.07) is 10.8. The molecule has 1 heterocycles. The van der Waals surface area contributed by atoms with E-state index in [2.05, 4.69) is 21.2 Å². The number of hydrogen-bond acceptors (Lipinski definition) is 2. The summed E-state index contributed by atoms with van der Waals surface area (Å²) in [6.45, 7) is 1.88. The number of rotatable bonds is 3. The van der Waals surface area contributed by atoms with Gasteiger partial charge in [0.25, 0.3) is 5.91 Å². The lowest BCUT2D eigenvalue weighted by Crippen LogP contribution is -2.26. The van der Waals surface area contributed by atoms with Gasteiger partial charge in [-0.1, -0.05) is 12.1 Å². The Morgan fingerprint density at radius 2 is 2.06 bits per heavy atom. The van der Waals surface area contributed by atoms with E-state index in [1.54, 1.807) is 18.4 Å². The molecular formula is C13H12BrNO2. The molecule has 1 amide bonds. The second-order valence-corrected chi connectivity index (χ2v) is 4.54. The molecule has 0 saturated heterocycles. The summed E-state index contributed by atoms with van der Waals surface area (Å²) in [6.07, 6.45) is 1.59. The van der Waals surface area contributed by atoms with Gasteiger partial charge in [0.15, 0.2) is 0 Å². The molecule has 4 heteroatoms. The first-order chi connectivity index (χ1) is 8.18. The summed E-state index contributed by atoms with van der Waals surface area (Å²) in [5, 5.41) is 2.88. The average molecular weight is 294 g/mol. The SMILES string of the molecule is C[C@@H](NC(=O)c1ccccc1Br)c1ccco1. The average Bonchev–Trinajstić information content (AvgIpc) is 2.82. The number of benzene rings is 1. The Bertz CT molecular complexity index is 508. The summed E-state index contributed by atoms with van der Waals surface area (Å²) >= 11 is 3.35. The molecule has 0 spiro atoms. The van der Waals surface area contributed by atoms with Crippen molar-refractivity contribution >= 4 is 21.8 Å². The minimum atomic E-state index is -0.149. The summed E-state index contributed by atoms with van der Waals surface area (Å²) in [4.78, 5) is 12.0. The standard InChI is InChI=1S/C13H12BrNO2/c1-9(12-7-4-8-17-12)15-13(16)10-5-2-3-6-11(10)14/h2-9H,1H3,(H,15,16)/t9-/m1/s1. The highest BCUT2D eigenvalue weighted by atomic mass is 79.9. The van der Waals surface area contributed by atoms with Gasteiger partial charge in [0.1, 0.15) is 5.76 Å². The van der Waals surface area contributed by atoms with E-state index in [-0.39, 0.29) is 11.9 Å². The van der Waals surface area contributed by atoms with E-state index in [1.807, 2.05) is 31.2 Å². The maximum Gasteiger partial charge on any atom is 0.253 e. The van der Waals surface area contributed by atoms with E-state index in [0.29, 0.717) is 5.56 Å². The van der Waals surface area contributed by atoms with E-state index in [4.69, 9.17) is 4.42 Å². The van der Waals surface area contributed by atoms with Gasteiger partial charge in [-0.3, -0.25) is 4.79 Å². The molecule has 0 unspecified atom stereocenters. The van der Waals surface area contributed by atoms with Crippen LogP contribution in [0.1, 0.15) is 29.1 Å². The highest BCUT2D eigenvalue weighted by Crippen LogP contribution is 2.18. The fraction of sp³-hybridized carbons (Fsp3) is 0.154. The molecule has 2 rings (SSSR count). The third-order valence-corrected chi connectivity index (χ3v) is 3.13. The first-order valence-electron chi connectivity index (χ1n) is 5.27. The van der Waals surface area contributed by atoms with Crippen molar-refractivity contribution in [3.63, 3.8) is 0 Å². The predicted octanol–water partition coefficient (Wildman–Crippen LogP) is 3.53. The van der Waals surface area contributed by atoms with Crippen molar-refractivity contribution in [2.24, 2.45) is 0 Å². The lowest BCUT2D eigenvalue weighted by Gasteiger charge is -2.12. The lowest BCUT2D eigenvalue weighted by molar-refractivity contribution is 0.0934. The maximum absolute atomic E-state index is 12.0. The Balaban J connectivity index is 2.10. The van der Waals surface area contributed by atoms with Crippen LogP contribution < -0.4 is 5.32 Å². The topological polar surface area (TPSA) is 42.2 Å². The molecule has 0 saturated carbocycles. The Morgan fingerprint density at radius 3 is 2.71 bits per heavy atom. The molecule has 0 aliphatic rings. The predicted molar refractivity (Wildman–Crippen MR) is 68.7 cm³/mol. The lowest BCUT2D eigenvalue weighted by atomic mass is 10.2. The van der Waals surface area contributed by atoms with Gasteiger partial charge < -0.3 is 9.73 Å². The summed E-state index contributed by atoms with van der Waals surface area (Å²) in [5.74, 6) is 0.617. The number of carbonyl (C=O) groups excluding carboxylic acids is 1. The van der Waals surface area contributed by atoms with Gasteiger partial charge in [-0.2, -0.15) is 0 Å². The van der Waals surface area contributed by atoms with Crippen molar-refractivity contribution in [1.82, 2.24) is 5.32 Å². The Kier molecular flexibility index (Phi) is 3.64. The van der Waals surface area contributed by atoms with E-state index in [1.165, 1.54) is 0 Å². The number of furan rings is 1. The molecule has 1 aromatic carbocycles. The van der Waals surface area contributed by atoms with Gasteiger partial charge in [0.05, 0.1) is 17.9 Å². The zero-order valence-corrected chi connectivity index (χ0v) is 10.9. The van der Waals surface area contributed by atoms with E-state index in [9.17, 15) is 4.79 Å². The molecule has 0 radical (unpaired) electrons. The van der Waals surface area contributed by atoms with Crippen LogP contribution in [0.2, 0.25) is 0 Å². The van der Waals surface area contributed by atoms with Crippen LogP contribution in [0.15, 0.2) is 51.6 Å². The van der Waals surface area contributed by atoms with Crippen LogP contribution in [0.3, 0.4) is 0 Å². The molecule has 17 heavy (non-hydrogen) atoms. The minimum Gasteiger partial charge on any atom is -0.467 e. The zero-order chi connectivity index (χ0) is 12.3.